The van der Waals surface area contributed by atoms with Crippen LogP contribution >= 0.6 is 11.8 Å². The fourth-order valence-electron chi connectivity index (χ4n) is 6.91. The predicted molar refractivity (Wildman–Crippen MR) is 140 cm³/mol. The summed E-state index contributed by atoms with van der Waals surface area (Å²) < 4.78 is -0.822. The molecule has 3 heterocycles. The summed E-state index contributed by atoms with van der Waals surface area (Å²) in [5.41, 5.74) is 0.951. The number of hydrogen-bond donors (Lipinski definition) is 2. The molecular formula is C28H38N2O5S. The molecule has 0 radical (unpaired) electrons. The third-order valence-corrected chi connectivity index (χ3v) is 10.5. The number of aliphatic carboxylic acids is 1. The number of hydrogen-bond acceptors (Lipinski definition) is 5. The molecule has 36 heavy (non-hydrogen) atoms. The number of likely N-dealkylation sites (tertiary alicyclic amines) is 1. The summed E-state index contributed by atoms with van der Waals surface area (Å²) in [5.74, 6) is -3.04. The molecule has 0 saturated carbocycles. The molecule has 4 rings (SSSR count). The van der Waals surface area contributed by atoms with Gasteiger partial charge in [0.2, 0.25) is 11.8 Å². The van der Waals surface area contributed by atoms with Gasteiger partial charge in [-0.3, -0.25) is 14.4 Å². The molecule has 2 N–H and O–H groups in total. The molecule has 196 valence electrons. The highest BCUT2D eigenvalue weighted by Gasteiger charge is 2.77. The van der Waals surface area contributed by atoms with Crippen molar-refractivity contribution in [3.8, 4) is 0 Å². The lowest BCUT2D eigenvalue weighted by Gasteiger charge is -2.43. The van der Waals surface area contributed by atoms with Crippen LogP contribution in [0.5, 0.6) is 0 Å². The van der Waals surface area contributed by atoms with Gasteiger partial charge in [0.05, 0.1) is 29.2 Å². The molecule has 1 aromatic carbocycles. The van der Waals surface area contributed by atoms with Crippen molar-refractivity contribution >= 4 is 29.5 Å². The van der Waals surface area contributed by atoms with Crippen molar-refractivity contribution in [2.75, 3.05) is 13.2 Å². The molecular weight excluding hydrogens is 476 g/mol. The van der Waals surface area contributed by atoms with Crippen molar-refractivity contribution < 1.29 is 24.6 Å². The van der Waals surface area contributed by atoms with Crippen molar-refractivity contribution in [1.82, 2.24) is 9.80 Å². The second-order valence-corrected chi connectivity index (χ2v) is 12.1. The first-order valence-electron chi connectivity index (χ1n) is 13.0. The number of thioether (sulfide) groups is 1. The van der Waals surface area contributed by atoms with Gasteiger partial charge in [-0.05, 0) is 37.7 Å². The van der Waals surface area contributed by atoms with Gasteiger partial charge in [0.1, 0.15) is 6.04 Å². The monoisotopic (exact) mass is 514 g/mol. The number of aliphatic hydroxyl groups is 1. The van der Waals surface area contributed by atoms with Crippen LogP contribution in [0.4, 0.5) is 0 Å². The Kier molecular flexibility index (Phi) is 7.86. The Bertz CT molecular complexity index is 1000. The summed E-state index contributed by atoms with van der Waals surface area (Å²) in [6.45, 7) is 10.0. The van der Waals surface area contributed by atoms with Gasteiger partial charge < -0.3 is 20.0 Å². The van der Waals surface area contributed by atoms with Crippen molar-refractivity contribution in [1.29, 1.82) is 0 Å². The van der Waals surface area contributed by atoms with E-state index < -0.39 is 34.6 Å². The molecule has 4 unspecified atom stereocenters. The van der Waals surface area contributed by atoms with Gasteiger partial charge in [0.25, 0.3) is 0 Å². The Morgan fingerprint density at radius 1 is 1.33 bits per heavy atom. The fourth-order valence-corrected chi connectivity index (χ4v) is 9.30. The van der Waals surface area contributed by atoms with Crippen molar-refractivity contribution in [2.24, 2.45) is 17.8 Å². The molecule has 3 fully saturated rings. The molecule has 3 aliphatic rings. The average Bonchev–Trinajstić information content (AvgIpc) is 3.45. The maximum atomic E-state index is 14.5. The number of aliphatic hydroxyl groups excluding tert-OH is 1. The minimum absolute atomic E-state index is 0.000805. The van der Waals surface area contributed by atoms with Crippen LogP contribution in [0.15, 0.2) is 43.0 Å². The predicted octanol–water partition coefficient (Wildman–Crippen LogP) is 3.22. The Labute approximate surface area is 217 Å². The molecule has 2 amide bonds. The van der Waals surface area contributed by atoms with Crippen molar-refractivity contribution in [3.05, 3.63) is 48.6 Å². The van der Waals surface area contributed by atoms with Crippen LogP contribution in [-0.2, 0) is 20.8 Å². The summed E-state index contributed by atoms with van der Waals surface area (Å²) in [6.07, 6.45) is 4.48. The number of nitrogens with zero attached hydrogens (tertiary/aromatic N) is 2. The van der Waals surface area contributed by atoms with Gasteiger partial charge in [-0.1, -0.05) is 56.7 Å². The first-order valence-corrected chi connectivity index (χ1v) is 13.9. The summed E-state index contributed by atoms with van der Waals surface area (Å²) in [4.78, 5) is 44.4. The van der Waals surface area contributed by atoms with Crippen molar-refractivity contribution in [3.63, 3.8) is 0 Å². The summed E-state index contributed by atoms with van der Waals surface area (Å²) in [5, 5.41) is 20.5. The summed E-state index contributed by atoms with van der Waals surface area (Å²) in [7, 11) is 0. The van der Waals surface area contributed by atoms with E-state index in [1.54, 1.807) is 15.9 Å². The number of amides is 2. The highest BCUT2D eigenvalue weighted by Crippen LogP contribution is 2.69. The lowest BCUT2D eigenvalue weighted by Crippen LogP contribution is -2.60. The number of carboxylic acids is 1. The van der Waals surface area contributed by atoms with E-state index in [1.165, 1.54) is 11.8 Å². The number of fused-ring (bicyclic) bond motifs is 1. The standard InChI is InChI=1S/C28H38N2O5S/c1-5-10-18(4)29(13-6-2)26(33)24-28-17(3)14-21(36-28)22(27(34)35)23(28)25(32)30(24)20(16-31)15-19-11-8-7-9-12-19/h6-9,11-12,17-18,20-24,31H,2,5,10,13-16H2,1,3-4H3,(H,34,35)/t17?,18?,20-,21-,22+,23+,24?,28?/m1/s1. The van der Waals surface area contributed by atoms with E-state index in [1.807, 2.05) is 44.2 Å². The second-order valence-electron chi connectivity index (χ2n) is 10.6. The Hall–Kier alpha value is -2.32. The molecule has 3 aliphatic heterocycles. The lowest BCUT2D eigenvalue weighted by molar-refractivity contribution is -0.150. The van der Waals surface area contributed by atoms with Crippen molar-refractivity contribution in [2.45, 2.75) is 74.6 Å². The van der Waals surface area contributed by atoms with E-state index >= 15 is 0 Å². The SMILES string of the molecule is C=CCN(C(=O)C1N([C@@H](CO)Cc2ccccc2)C(=O)[C@@H]2[C@@H](C(=O)O)[C@H]3CC(C)C12S3)C(C)CCC. The largest absolute Gasteiger partial charge is 0.481 e. The fraction of sp³-hybridized carbons (Fsp3) is 0.607. The Morgan fingerprint density at radius 2 is 2.03 bits per heavy atom. The number of benzene rings is 1. The van der Waals surface area contributed by atoms with Crippen LogP contribution < -0.4 is 0 Å². The molecule has 2 bridgehead atoms. The van der Waals surface area contributed by atoms with Gasteiger partial charge in [-0.25, -0.2) is 0 Å². The van der Waals surface area contributed by atoms with Gasteiger partial charge >= 0.3 is 5.97 Å². The molecule has 0 aromatic heterocycles. The van der Waals surface area contributed by atoms with E-state index in [0.717, 1.165) is 18.4 Å². The minimum Gasteiger partial charge on any atom is -0.481 e. The molecule has 7 nitrogen and oxygen atoms in total. The van der Waals surface area contributed by atoms with E-state index in [2.05, 4.69) is 13.5 Å². The zero-order valence-corrected chi connectivity index (χ0v) is 22.2. The van der Waals surface area contributed by atoms with Crippen LogP contribution in [0.25, 0.3) is 0 Å². The Morgan fingerprint density at radius 3 is 2.61 bits per heavy atom. The zero-order valence-electron chi connectivity index (χ0n) is 21.4. The molecule has 1 aromatic rings. The minimum atomic E-state index is -0.974. The van der Waals surface area contributed by atoms with Gasteiger partial charge in [-0.2, -0.15) is 0 Å². The van der Waals surface area contributed by atoms with Crippen LogP contribution in [-0.4, -0.2) is 79.1 Å². The highest BCUT2D eigenvalue weighted by molar-refractivity contribution is 8.02. The Balaban J connectivity index is 1.82. The maximum Gasteiger partial charge on any atom is 0.308 e. The molecule has 3 saturated heterocycles. The highest BCUT2D eigenvalue weighted by atomic mass is 32.2. The molecule has 8 atom stereocenters. The topological polar surface area (TPSA) is 98.2 Å². The normalized spacial score (nSPS) is 32.3. The quantitative estimate of drug-likeness (QED) is 0.440. The van der Waals surface area contributed by atoms with Crippen LogP contribution in [0.2, 0.25) is 0 Å². The van der Waals surface area contributed by atoms with E-state index in [0.29, 0.717) is 19.4 Å². The van der Waals surface area contributed by atoms with Crippen LogP contribution in [0, 0.1) is 17.8 Å². The number of carbonyl (C=O) groups is 3. The van der Waals surface area contributed by atoms with Crippen LogP contribution in [0.1, 0.15) is 45.6 Å². The third kappa shape index (κ3) is 4.16. The smallest absolute Gasteiger partial charge is 0.308 e. The molecule has 8 heteroatoms. The lowest BCUT2D eigenvalue weighted by atomic mass is 9.66. The van der Waals surface area contributed by atoms with Gasteiger partial charge in [0, 0.05) is 17.8 Å². The second kappa shape index (κ2) is 10.6. The first kappa shape index (κ1) is 26.7. The van der Waals surface area contributed by atoms with E-state index in [9.17, 15) is 24.6 Å². The maximum absolute atomic E-state index is 14.5. The third-order valence-electron chi connectivity index (χ3n) is 8.47. The van der Waals surface area contributed by atoms with E-state index in [4.69, 9.17) is 0 Å². The zero-order chi connectivity index (χ0) is 26.2. The van der Waals surface area contributed by atoms with E-state index in [-0.39, 0.29) is 35.6 Å². The first-order chi connectivity index (χ1) is 17.2. The summed E-state index contributed by atoms with van der Waals surface area (Å²) in [6, 6.07) is 8.10. The molecule has 1 spiro atoms. The molecule has 0 aliphatic carbocycles. The van der Waals surface area contributed by atoms with Gasteiger partial charge in [0.15, 0.2) is 0 Å². The number of carboxylic acid groups (broad SMARTS) is 1. The van der Waals surface area contributed by atoms with Gasteiger partial charge in [-0.15, -0.1) is 18.3 Å². The number of carbonyl (C=O) groups excluding carboxylic acids is 2. The average molecular weight is 515 g/mol. The summed E-state index contributed by atoms with van der Waals surface area (Å²) >= 11 is 1.53. The number of rotatable bonds is 11. The van der Waals surface area contributed by atoms with Crippen LogP contribution in [0.3, 0.4) is 0 Å².